The van der Waals surface area contributed by atoms with Gasteiger partial charge in [-0.2, -0.15) is 0 Å². The normalized spacial score (nSPS) is 12.8. The van der Waals surface area contributed by atoms with Gasteiger partial charge in [0.05, 0.1) is 6.42 Å². The summed E-state index contributed by atoms with van der Waals surface area (Å²) in [6.45, 7) is 0. The quantitative estimate of drug-likeness (QED) is 0.808. The van der Waals surface area contributed by atoms with E-state index in [2.05, 4.69) is 27.4 Å². The first-order valence-corrected chi connectivity index (χ1v) is 7.56. The van der Waals surface area contributed by atoms with Crippen molar-refractivity contribution in [3.63, 3.8) is 0 Å². The first-order chi connectivity index (χ1) is 11.3. The molecule has 4 heteroatoms. The number of hydrogen-bond donors (Lipinski definition) is 1. The summed E-state index contributed by atoms with van der Waals surface area (Å²) < 4.78 is 0. The number of fused-ring (bicyclic) bond motifs is 1. The third kappa shape index (κ3) is 2.83. The number of amides is 1. The van der Waals surface area contributed by atoms with Crippen molar-refractivity contribution >= 4 is 11.6 Å². The number of benzene rings is 2. The number of hydrogen-bond acceptors (Lipinski definition) is 3. The van der Waals surface area contributed by atoms with Crippen LogP contribution >= 0.6 is 0 Å². The maximum atomic E-state index is 11.4. The molecular formula is C19H15N3O. The molecule has 0 saturated carbocycles. The summed E-state index contributed by atoms with van der Waals surface area (Å²) in [5, 5.41) is 2.84. The van der Waals surface area contributed by atoms with Gasteiger partial charge in [-0.3, -0.25) is 4.79 Å². The van der Waals surface area contributed by atoms with E-state index in [0.717, 1.165) is 34.6 Å². The average molecular weight is 301 g/mol. The molecule has 0 atom stereocenters. The van der Waals surface area contributed by atoms with E-state index in [1.165, 1.54) is 5.56 Å². The van der Waals surface area contributed by atoms with Gasteiger partial charge >= 0.3 is 0 Å². The van der Waals surface area contributed by atoms with Crippen molar-refractivity contribution in [1.82, 2.24) is 9.97 Å². The van der Waals surface area contributed by atoms with Gasteiger partial charge < -0.3 is 5.32 Å². The Kier molecular flexibility index (Phi) is 3.35. The number of nitrogens with zero attached hydrogens (tertiary/aromatic N) is 2. The monoisotopic (exact) mass is 301 g/mol. The molecule has 0 unspecified atom stereocenters. The van der Waals surface area contributed by atoms with E-state index in [4.69, 9.17) is 0 Å². The van der Waals surface area contributed by atoms with Crippen molar-refractivity contribution in [2.75, 3.05) is 5.32 Å². The minimum atomic E-state index is 0.0478. The van der Waals surface area contributed by atoms with Crippen LogP contribution in [0.5, 0.6) is 0 Å². The fraction of sp³-hybridized carbons (Fsp3) is 0.105. The molecule has 0 radical (unpaired) electrons. The van der Waals surface area contributed by atoms with Crippen LogP contribution in [0, 0.1) is 0 Å². The predicted molar refractivity (Wildman–Crippen MR) is 89.0 cm³/mol. The lowest BCUT2D eigenvalue weighted by atomic mass is 10.0. The number of aromatic nitrogens is 2. The minimum absolute atomic E-state index is 0.0478. The molecule has 2 aromatic carbocycles. The van der Waals surface area contributed by atoms with E-state index in [9.17, 15) is 4.79 Å². The molecular weight excluding hydrogens is 286 g/mol. The minimum Gasteiger partial charge on any atom is -0.326 e. The smallest absolute Gasteiger partial charge is 0.228 e. The molecule has 0 bridgehead atoms. The van der Waals surface area contributed by atoms with Crippen LogP contribution in [0.4, 0.5) is 5.69 Å². The molecule has 1 aliphatic rings. The van der Waals surface area contributed by atoms with Crippen molar-refractivity contribution < 1.29 is 4.79 Å². The Hall–Kier alpha value is -3.01. The number of nitrogens with one attached hydrogen (secondary N) is 1. The molecule has 0 fully saturated rings. The van der Waals surface area contributed by atoms with Crippen molar-refractivity contribution in [3.8, 4) is 11.1 Å². The van der Waals surface area contributed by atoms with Gasteiger partial charge in [-0.1, -0.05) is 36.4 Å². The Balaban J connectivity index is 1.57. The zero-order valence-electron chi connectivity index (χ0n) is 12.5. The van der Waals surface area contributed by atoms with Gasteiger partial charge in [0.15, 0.2) is 0 Å². The molecule has 1 aliphatic heterocycles. The fourth-order valence-corrected chi connectivity index (χ4v) is 2.78. The molecule has 0 spiro atoms. The molecule has 0 aliphatic carbocycles. The number of anilines is 1. The molecule has 4 rings (SSSR count). The van der Waals surface area contributed by atoms with E-state index < -0.39 is 0 Å². The number of rotatable bonds is 3. The Morgan fingerprint density at radius 2 is 1.74 bits per heavy atom. The number of carbonyl (C=O) groups excluding carboxylic acids is 1. The molecule has 23 heavy (non-hydrogen) atoms. The maximum absolute atomic E-state index is 11.4. The van der Waals surface area contributed by atoms with Gasteiger partial charge in [0, 0.05) is 30.1 Å². The van der Waals surface area contributed by atoms with Crippen LogP contribution in [0.3, 0.4) is 0 Å². The number of carbonyl (C=O) groups is 1. The Morgan fingerprint density at radius 3 is 2.52 bits per heavy atom. The average Bonchev–Trinajstić information content (AvgIpc) is 2.95. The van der Waals surface area contributed by atoms with Crippen LogP contribution in [0.15, 0.2) is 60.9 Å². The summed E-state index contributed by atoms with van der Waals surface area (Å²) in [5.41, 5.74) is 5.12. The van der Waals surface area contributed by atoms with Gasteiger partial charge in [-0.15, -0.1) is 0 Å². The van der Waals surface area contributed by atoms with Crippen LogP contribution in [-0.4, -0.2) is 15.9 Å². The van der Waals surface area contributed by atoms with E-state index >= 15 is 0 Å². The molecule has 1 aromatic heterocycles. The van der Waals surface area contributed by atoms with Crippen molar-refractivity contribution in [3.05, 3.63) is 77.9 Å². The summed E-state index contributed by atoms with van der Waals surface area (Å²) in [6.07, 6.45) is 4.86. The third-order valence-corrected chi connectivity index (χ3v) is 3.97. The van der Waals surface area contributed by atoms with Crippen LogP contribution in [-0.2, 0) is 17.6 Å². The van der Waals surface area contributed by atoms with Crippen molar-refractivity contribution in [1.29, 1.82) is 0 Å². The second kappa shape index (κ2) is 5.65. The molecule has 3 aromatic rings. The molecule has 1 N–H and O–H groups in total. The van der Waals surface area contributed by atoms with Gasteiger partial charge in [-0.25, -0.2) is 9.97 Å². The van der Waals surface area contributed by atoms with Gasteiger partial charge in [-0.05, 0) is 28.8 Å². The Bertz CT molecular complexity index is 858. The largest absolute Gasteiger partial charge is 0.326 e. The molecule has 0 saturated heterocycles. The molecule has 4 nitrogen and oxygen atoms in total. The third-order valence-electron chi connectivity index (χ3n) is 3.97. The predicted octanol–water partition coefficient (Wildman–Crippen LogP) is 3.23. The van der Waals surface area contributed by atoms with Gasteiger partial charge in [0.2, 0.25) is 5.91 Å². The highest BCUT2D eigenvalue weighted by molar-refractivity contribution is 5.99. The zero-order valence-corrected chi connectivity index (χ0v) is 12.5. The first kappa shape index (κ1) is 13.6. The zero-order chi connectivity index (χ0) is 15.6. The lowest BCUT2D eigenvalue weighted by molar-refractivity contribution is -0.115. The second-order valence-electron chi connectivity index (χ2n) is 5.65. The highest BCUT2D eigenvalue weighted by Crippen LogP contribution is 2.28. The second-order valence-corrected chi connectivity index (χ2v) is 5.65. The maximum Gasteiger partial charge on any atom is 0.228 e. The van der Waals surface area contributed by atoms with Gasteiger partial charge in [0.25, 0.3) is 0 Å². The summed E-state index contributed by atoms with van der Waals surface area (Å²) in [4.78, 5) is 20.4. The van der Waals surface area contributed by atoms with Crippen LogP contribution in [0.2, 0.25) is 0 Å². The summed E-state index contributed by atoms with van der Waals surface area (Å²) >= 11 is 0. The van der Waals surface area contributed by atoms with Crippen molar-refractivity contribution in [2.24, 2.45) is 0 Å². The van der Waals surface area contributed by atoms with Crippen LogP contribution in [0.1, 0.15) is 17.0 Å². The summed E-state index contributed by atoms with van der Waals surface area (Å²) in [5.74, 6) is 0.851. The molecule has 112 valence electrons. The van der Waals surface area contributed by atoms with Gasteiger partial charge in [0.1, 0.15) is 5.82 Å². The van der Waals surface area contributed by atoms with Crippen LogP contribution < -0.4 is 5.32 Å². The van der Waals surface area contributed by atoms with E-state index in [1.54, 1.807) is 0 Å². The fourth-order valence-electron chi connectivity index (χ4n) is 2.78. The standard InChI is InChI=1S/C19H15N3O/c23-19-10-15-9-14(6-7-17(15)22-19)16-11-20-18(21-12-16)8-13-4-2-1-3-5-13/h1-7,9,11-12H,8,10H2,(H,22,23). The van der Waals surface area contributed by atoms with Crippen molar-refractivity contribution in [2.45, 2.75) is 12.8 Å². The SMILES string of the molecule is O=C1Cc2cc(-c3cnc(Cc4ccccc4)nc3)ccc2N1. The topological polar surface area (TPSA) is 54.9 Å². The highest BCUT2D eigenvalue weighted by atomic mass is 16.1. The molecule has 2 heterocycles. The van der Waals surface area contributed by atoms with E-state index in [-0.39, 0.29) is 5.91 Å². The Morgan fingerprint density at radius 1 is 0.957 bits per heavy atom. The van der Waals surface area contributed by atoms with E-state index in [0.29, 0.717) is 6.42 Å². The highest BCUT2D eigenvalue weighted by Gasteiger charge is 2.17. The Labute approximate surface area is 134 Å². The van der Waals surface area contributed by atoms with Crippen LogP contribution in [0.25, 0.3) is 11.1 Å². The first-order valence-electron chi connectivity index (χ1n) is 7.56. The lowest BCUT2D eigenvalue weighted by Crippen LogP contribution is -2.03. The summed E-state index contributed by atoms with van der Waals surface area (Å²) in [7, 11) is 0. The summed E-state index contributed by atoms with van der Waals surface area (Å²) in [6, 6.07) is 16.1. The lowest BCUT2D eigenvalue weighted by Gasteiger charge is -2.05. The van der Waals surface area contributed by atoms with E-state index in [1.807, 2.05) is 48.8 Å². The molecule has 1 amide bonds.